The molecular weight excluding hydrogens is 654 g/mol. The van der Waals surface area contributed by atoms with Crippen LogP contribution >= 0.6 is 43.5 Å². The summed E-state index contributed by atoms with van der Waals surface area (Å²) in [6.45, 7) is 4.58. The zero-order chi connectivity index (χ0) is 27.2. The van der Waals surface area contributed by atoms with Crippen LogP contribution in [0.5, 0.6) is 0 Å². The molecule has 1 amide bonds. The zero-order valence-electron chi connectivity index (χ0n) is 21.9. The summed E-state index contributed by atoms with van der Waals surface area (Å²) < 4.78 is 27.3. The molecule has 2 saturated heterocycles. The number of aromatic nitrogens is 1. The second-order valence-corrected chi connectivity index (χ2v) is 15.7. The van der Waals surface area contributed by atoms with Crippen molar-refractivity contribution in [2.24, 2.45) is 11.3 Å². The minimum atomic E-state index is -3.18. The van der Waals surface area contributed by atoms with Crippen LogP contribution in [0.25, 0.3) is 0 Å². The van der Waals surface area contributed by atoms with Gasteiger partial charge in [0.25, 0.3) is 0 Å². The lowest BCUT2D eigenvalue weighted by molar-refractivity contribution is -0.135. The van der Waals surface area contributed by atoms with Gasteiger partial charge in [-0.2, -0.15) is 0 Å². The highest BCUT2D eigenvalue weighted by atomic mass is 79.9. The van der Waals surface area contributed by atoms with E-state index < -0.39 is 10.0 Å². The first-order valence-electron chi connectivity index (χ1n) is 13.3. The predicted molar refractivity (Wildman–Crippen MR) is 158 cm³/mol. The van der Waals surface area contributed by atoms with E-state index in [0.717, 1.165) is 71.3 Å². The van der Waals surface area contributed by atoms with E-state index in [1.54, 1.807) is 0 Å². The summed E-state index contributed by atoms with van der Waals surface area (Å²) in [5.74, 6) is 0.710. The molecule has 1 atom stereocenters. The highest BCUT2D eigenvalue weighted by Gasteiger charge is 2.39. The molecule has 3 aliphatic rings. The van der Waals surface area contributed by atoms with Gasteiger partial charge >= 0.3 is 0 Å². The maximum Gasteiger partial charge on any atom is 0.223 e. The lowest BCUT2D eigenvalue weighted by Gasteiger charge is -2.41. The molecule has 10 heteroatoms. The molecule has 1 aliphatic carbocycles. The SMILES string of the molecule is CC1(CC(=O)N2CCC([C@H]3c4ncc(Br)cc4CCc4cc(Cl)cc(Br)c43)CC2)CCN(S(C)(=O)=O)CC1. The minimum Gasteiger partial charge on any atom is -0.343 e. The number of nitrogens with zero attached hydrogens (tertiary/aromatic N) is 3. The monoisotopic (exact) mass is 685 g/mol. The molecule has 1 aromatic heterocycles. The Morgan fingerprint density at radius 1 is 1.08 bits per heavy atom. The molecule has 0 unspecified atom stereocenters. The van der Waals surface area contributed by atoms with Crippen molar-refractivity contribution in [3.05, 3.63) is 60.7 Å². The van der Waals surface area contributed by atoms with Crippen LogP contribution in [0.4, 0.5) is 0 Å². The summed E-state index contributed by atoms with van der Waals surface area (Å²) in [6.07, 6.45) is 8.75. The quantitative estimate of drug-likeness (QED) is 0.385. The highest BCUT2D eigenvalue weighted by Crippen LogP contribution is 2.46. The number of hydrogen-bond acceptors (Lipinski definition) is 4. The van der Waals surface area contributed by atoms with Gasteiger partial charge in [-0.1, -0.05) is 34.5 Å². The number of carbonyl (C=O) groups is 1. The van der Waals surface area contributed by atoms with Crippen LogP contribution in [0.1, 0.15) is 67.3 Å². The normalized spacial score (nSPS) is 22.4. The van der Waals surface area contributed by atoms with E-state index in [-0.39, 0.29) is 17.2 Å². The number of amides is 1. The number of sulfonamides is 1. The first-order chi connectivity index (χ1) is 17.9. The fraction of sp³-hybridized carbons (Fsp3) is 0.571. The number of pyridine rings is 1. The topological polar surface area (TPSA) is 70.6 Å². The van der Waals surface area contributed by atoms with Crippen molar-refractivity contribution in [3.63, 3.8) is 0 Å². The molecule has 2 fully saturated rings. The molecule has 38 heavy (non-hydrogen) atoms. The molecule has 1 aromatic carbocycles. The fourth-order valence-electron chi connectivity index (χ4n) is 6.52. The van der Waals surface area contributed by atoms with Crippen molar-refractivity contribution in [2.75, 3.05) is 32.4 Å². The van der Waals surface area contributed by atoms with Crippen molar-refractivity contribution >= 4 is 59.4 Å². The lowest BCUT2D eigenvalue weighted by Crippen LogP contribution is -2.45. The van der Waals surface area contributed by atoms with Crippen LogP contribution in [0.2, 0.25) is 5.02 Å². The van der Waals surface area contributed by atoms with E-state index >= 15 is 0 Å². The van der Waals surface area contributed by atoms with Gasteiger partial charge < -0.3 is 4.90 Å². The Kier molecular flexibility index (Phi) is 8.34. The highest BCUT2D eigenvalue weighted by molar-refractivity contribution is 9.10. The van der Waals surface area contributed by atoms with Gasteiger partial charge in [-0.05, 0) is 101 Å². The Hall–Kier alpha value is -1.000. The third-order valence-electron chi connectivity index (χ3n) is 8.76. The first-order valence-corrected chi connectivity index (χ1v) is 17.1. The lowest BCUT2D eigenvalue weighted by atomic mass is 9.75. The van der Waals surface area contributed by atoms with Crippen molar-refractivity contribution in [2.45, 2.75) is 57.8 Å². The Bertz CT molecular complexity index is 1340. The first kappa shape index (κ1) is 28.5. The number of fused-ring (bicyclic) bond motifs is 2. The molecule has 0 N–H and O–H groups in total. The van der Waals surface area contributed by atoms with Crippen LogP contribution in [-0.2, 0) is 27.7 Å². The van der Waals surface area contributed by atoms with E-state index in [0.29, 0.717) is 25.4 Å². The van der Waals surface area contributed by atoms with Crippen LogP contribution in [0, 0.1) is 11.3 Å². The molecule has 0 spiro atoms. The Morgan fingerprint density at radius 2 is 1.74 bits per heavy atom. The number of halogens is 3. The average molecular weight is 688 g/mol. The standard InChI is InChI=1S/C28H34Br2ClN3O3S/c1-28(7-11-34(12-8-28)38(2,36)37)16-24(35)33-9-5-18(6-10-33)26-25-19(14-22(31)15-23(25)30)3-4-20-13-21(29)17-32-27(20)26/h13-15,17-18,26H,3-12,16H2,1-2H3/t26-/m1/s1. The average Bonchev–Trinajstić information content (AvgIpc) is 3.00. The summed E-state index contributed by atoms with van der Waals surface area (Å²) in [5, 5.41) is 0.741. The maximum atomic E-state index is 13.4. The number of likely N-dealkylation sites (tertiary alicyclic amines) is 1. The molecule has 5 rings (SSSR count). The molecule has 2 aliphatic heterocycles. The van der Waals surface area contributed by atoms with Gasteiger partial charge in [0.15, 0.2) is 0 Å². The number of piperidine rings is 2. The Morgan fingerprint density at radius 3 is 2.39 bits per heavy atom. The number of aryl methyl sites for hydroxylation is 2. The number of rotatable bonds is 4. The van der Waals surface area contributed by atoms with Crippen LogP contribution < -0.4 is 0 Å². The van der Waals surface area contributed by atoms with Gasteiger partial charge in [0.1, 0.15) is 0 Å². The van der Waals surface area contributed by atoms with Gasteiger partial charge in [0.2, 0.25) is 15.9 Å². The molecular formula is C28H34Br2ClN3O3S. The van der Waals surface area contributed by atoms with Gasteiger partial charge in [0, 0.05) is 58.7 Å². The zero-order valence-corrected chi connectivity index (χ0v) is 26.6. The summed E-state index contributed by atoms with van der Waals surface area (Å²) >= 11 is 13.9. The van der Waals surface area contributed by atoms with Gasteiger partial charge in [-0.3, -0.25) is 9.78 Å². The van der Waals surface area contributed by atoms with Gasteiger partial charge in [-0.15, -0.1) is 0 Å². The summed E-state index contributed by atoms with van der Waals surface area (Å²) in [5.41, 5.74) is 4.82. The number of benzene rings is 1. The van der Waals surface area contributed by atoms with E-state index in [1.807, 2.05) is 17.2 Å². The Labute approximate surface area is 247 Å². The Balaban J connectivity index is 1.31. The van der Waals surface area contributed by atoms with Crippen LogP contribution in [0.15, 0.2) is 33.3 Å². The second-order valence-electron chi connectivity index (χ2n) is 11.5. The number of hydrogen-bond donors (Lipinski definition) is 0. The van der Waals surface area contributed by atoms with Crippen molar-refractivity contribution in [1.82, 2.24) is 14.2 Å². The number of carbonyl (C=O) groups excluding carboxylic acids is 1. The molecule has 2 aromatic rings. The summed E-state index contributed by atoms with van der Waals surface area (Å²) in [4.78, 5) is 20.3. The van der Waals surface area contributed by atoms with Crippen LogP contribution in [0.3, 0.4) is 0 Å². The fourth-order valence-corrected chi connectivity index (χ4v) is 8.87. The molecule has 0 bridgehead atoms. The maximum absolute atomic E-state index is 13.4. The van der Waals surface area contributed by atoms with E-state index in [9.17, 15) is 13.2 Å². The van der Waals surface area contributed by atoms with Crippen molar-refractivity contribution < 1.29 is 13.2 Å². The molecule has 6 nitrogen and oxygen atoms in total. The molecule has 0 saturated carbocycles. The van der Waals surface area contributed by atoms with Crippen LogP contribution in [-0.4, -0.2) is 60.9 Å². The minimum absolute atomic E-state index is 0.150. The van der Waals surface area contributed by atoms with Crippen molar-refractivity contribution in [3.8, 4) is 0 Å². The van der Waals surface area contributed by atoms with Gasteiger partial charge in [-0.25, -0.2) is 12.7 Å². The summed E-state index contributed by atoms with van der Waals surface area (Å²) in [7, 11) is -3.18. The molecule has 0 radical (unpaired) electrons. The molecule has 206 valence electrons. The summed E-state index contributed by atoms with van der Waals surface area (Å²) in [6, 6.07) is 6.29. The van der Waals surface area contributed by atoms with E-state index in [4.69, 9.17) is 16.6 Å². The largest absolute Gasteiger partial charge is 0.343 e. The second kappa shape index (κ2) is 11.1. The van der Waals surface area contributed by atoms with Crippen molar-refractivity contribution in [1.29, 1.82) is 0 Å². The van der Waals surface area contributed by atoms with E-state index in [2.05, 4.69) is 50.9 Å². The third kappa shape index (κ3) is 6.02. The van der Waals surface area contributed by atoms with E-state index in [1.165, 1.54) is 27.3 Å². The third-order valence-corrected chi connectivity index (χ3v) is 11.4. The van der Waals surface area contributed by atoms with Gasteiger partial charge in [0.05, 0.1) is 11.9 Å². The smallest absolute Gasteiger partial charge is 0.223 e. The molecule has 3 heterocycles. The predicted octanol–water partition coefficient (Wildman–Crippen LogP) is 6.18.